The number of hydrogen-bond donors (Lipinski definition) is 2. The molecule has 0 bridgehead atoms. The van der Waals surface area contributed by atoms with Crippen LogP contribution in [0.25, 0.3) is 10.6 Å². The molecule has 2 N–H and O–H groups in total. The summed E-state index contributed by atoms with van der Waals surface area (Å²) in [6, 6.07) is 6.92. The molecule has 3 atom stereocenters. The van der Waals surface area contributed by atoms with Gasteiger partial charge in [0.05, 0.1) is 11.8 Å². The van der Waals surface area contributed by atoms with Crippen LogP contribution in [0.2, 0.25) is 0 Å². The van der Waals surface area contributed by atoms with Gasteiger partial charge in [-0.05, 0) is 69.3 Å². The Morgan fingerprint density at radius 3 is 2.79 bits per heavy atom. The van der Waals surface area contributed by atoms with Gasteiger partial charge in [0, 0.05) is 16.5 Å². The van der Waals surface area contributed by atoms with E-state index in [2.05, 4.69) is 12.2 Å². The van der Waals surface area contributed by atoms with Gasteiger partial charge in [-0.25, -0.2) is 9.37 Å². The topological polar surface area (TPSA) is 45.1 Å². The predicted molar refractivity (Wildman–Crippen MR) is 96.7 cm³/mol. The molecule has 1 aliphatic rings. The lowest BCUT2D eigenvalue weighted by atomic mass is 9.97. The van der Waals surface area contributed by atoms with Crippen LogP contribution >= 0.6 is 11.3 Å². The molecule has 2 aromatic rings. The summed E-state index contributed by atoms with van der Waals surface area (Å²) >= 11 is 1.72. The minimum Gasteiger partial charge on any atom is -0.393 e. The van der Waals surface area contributed by atoms with Crippen molar-refractivity contribution in [3.63, 3.8) is 0 Å². The first kappa shape index (κ1) is 17.5. The van der Waals surface area contributed by atoms with Crippen LogP contribution in [0.5, 0.6) is 0 Å². The van der Waals surface area contributed by atoms with E-state index in [1.54, 1.807) is 23.5 Å². The Hall–Kier alpha value is -1.30. The number of hydrogen-bond acceptors (Lipinski definition) is 4. The summed E-state index contributed by atoms with van der Waals surface area (Å²) in [6.45, 7) is 4.91. The molecule has 1 aromatic heterocycles. The fourth-order valence-corrected chi connectivity index (χ4v) is 4.57. The Kier molecular flexibility index (Phi) is 5.64. The van der Waals surface area contributed by atoms with Crippen molar-refractivity contribution in [2.45, 2.75) is 51.7 Å². The van der Waals surface area contributed by atoms with Gasteiger partial charge in [-0.1, -0.05) is 6.92 Å². The molecule has 1 aliphatic carbocycles. The van der Waals surface area contributed by atoms with E-state index in [4.69, 9.17) is 4.98 Å². The Morgan fingerprint density at radius 1 is 1.33 bits per heavy atom. The second kappa shape index (κ2) is 7.72. The molecule has 130 valence electrons. The number of nitrogens with one attached hydrogen (secondary N) is 1. The quantitative estimate of drug-likeness (QED) is 0.817. The normalized spacial score (nSPS) is 19.8. The largest absolute Gasteiger partial charge is 0.393 e. The molecule has 3 nitrogen and oxygen atoms in total. The molecule has 0 spiro atoms. The van der Waals surface area contributed by atoms with Gasteiger partial charge in [-0.3, -0.25) is 0 Å². The maximum Gasteiger partial charge on any atom is 0.123 e. The van der Waals surface area contributed by atoms with E-state index in [1.165, 1.54) is 22.7 Å². The highest BCUT2D eigenvalue weighted by Crippen LogP contribution is 2.38. The first-order chi connectivity index (χ1) is 11.5. The zero-order chi connectivity index (χ0) is 17.1. The number of aliphatic hydroxyl groups is 1. The fraction of sp³-hybridized carbons (Fsp3) is 0.526. The zero-order valence-corrected chi connectivity index (χ0v) is 15.1. The lowest BCUT2D eigenvalue weighted by molar-refractivity contribution is 0.162. The molecule has 0 saturated carbocycles. The van der Waals surface area contributed by atoms with Gasteiger partial charge in [0.15, 0.2) is 0 Å². The first-order valence-corrected chi connectivity index (χ1v) is 9.51. The highest BCUT2D eigenvalue weighted by atomic mass is 32.1. The number of aromatic nitrogens is 1. The average molecular weight is 348 g/mol. The SMILES string of the molecule is CC(O)CC(C)CNC1CCCc2nc(-c3ccc(F)cc3)sc21. The molecule has 3 unspecified atom stereocenters. The Bertz CT molecular complexity index is 669. The van der Waals surface area contributed by atoms with Gasteiger partial charge in [0.25, 0.3) is 0 Å². The summed E-state index contributed by atoms with van der Waals surface area (Å²) in [5.74, 6) is 0.228. The standard InChI is InChI=1S/C19H25FN2OS/c1-12(10-13(2)23)11-21-16-4-3-5-17-18(16)24-19(22-17)14-6-8-15(20)9-7-14/h6-9,12-13,16,21,23H,3-5,10-11H2,1-2H3. The van der Waals surface area contributed by atoms with E-state index in [9.17, 15) is 9.50 Å². The zero-order valence-electron chi connectivity index (χ0n) is 14.3. The number of fused-ring (bicyclic) bond motifs is 1. The molecule has 1 aromatic carbocycles. The van der Waals surface area contributed by atoms with Crippen LogP contribution in [0, 0.1) is 11.7 Å². The Balaban J connectivity index is 1.72. The monoisotopic (exact) mass is 348 g/mol. The van der Waals surface area contributed by atoms with Crippen LogP contribution in [0.4, 0.5) is 4.39 Å². The number of aryl methyl sites for hydroxylation is 1. The lowest BCUT2D eigenvalue weighted by Crippen LogP contribution is -2.29. The number of rotatable bonds is 6. The van der Waals surface area contributed by atoms with Gasteiger partial charge in [-0.2, -0.15) is 0 Å². The van der Waals surface area contributed by atoms with Gasteiger partial charge < -0.3 is 10.4 Å². The third kappa shape index (κ3) is 4.21. The van der Waals surface area contributed by atoms with Gasteiger partial charge >= 0.3 is 0 Å². The van der Waals surface area contributed by atoms with Crippen molar-refractivity contribution in [2.24, 2.45) is 5.92 Å². The smallest absolute Gasteiger partial charge is 0.123 e. The predicted octanol–water partition coefficient (Wildman–Crippen LogP) is 4.32. The molecular formula is C19H25FN2OS. The van der Waals surface area contributed by atoms with Crippen molar-refractivity contribution in [3.05, 3.63) is 40.7 Å². The molecule has 5 heteroatoms. The number of thiazole rings is 1. The maximum absolute atomic E-state index is 13.1. The summed E-state index contributed by atoms with van der Waals surface area (Å²) in [5, 5.41) is 14.1. The second-order valence-corrected chi connectivity index (χ2v) is 7.91. The highest BCUT2D eigenvalue weighted by molar-refractivity contribution is 7.15. The van der Waals surface area contributed by atoms with Crippen molar-refractivity contribution in [1.82, 2.24) is 10.3 Å². The van der Waals surface area contributed by atoms with Crippen LogP contribution < -0.4 is 5.32 Å². The van der Waals surface area contributed by atoms with Crippen LogP contribution in [-0.4, -0.2) is 22.7 Å². The second-order valence-electron chi connectivity index (χ2n) is 6.88. The highest BCUT2D eigenvalue weighted by Gasteiger charge is 2.25. The number of aliphatic hydroxyl groups excluding tert-OH is 1. The van der Waals surface area contributed by atoms with Crippen molar-refractivity contribution in [1.29, 1.82) is 0 Å². The summed E-state index contributed by atoms with van der Waals surface area (Å²) in [7, 11) is 0. The average Bonchev–Trinajstić information content (AvgIpc) is 2.97. The van der Waals surface area contributed by atoms with Crippen molar-refractivity contribution < 1.29 is 9.50 Å². The van der Waals surface area contributed by atoms with Gasteiger partial charge in [0.1, 0.15) is 10.8 Å². The van der Waals surface area contributed by atoms with E-state index >= 15 is 0 Å². The molecule has 0 amide bonds. The lowest BCUT2D eigenvalue weighted by Gasteiger charge is -2.24. The van der Waals surface area contributed by atoms with Crippen LogP contribution in [0.3, 0.4) is 0 Å². The van der Waals surface area contributed by atoms with E-state index in [0.717, 1.165) is 42.8 Å². The van der Waals surface area contributed by atoms with Crippen molar-refractivity contribution in [3.8, 4) is 10.6 Å². The molecule has 1 heterocycles. The van der Waals surface area contributed by atoms with Gasteiger partial charge in [-0.15, -0.1) is 11.3 Å². The Morgan fingerprint density at radius 2 is 2.08 bits per heavy atom. The summed E-state index contributed by atoms with van der Waals surface area (Å²) < 4.78 is 13.1. The number of benzene rings is 1. The van der Waals surface area contributed by atoms with Crippen molar-refractivity contribution >= 4 is 11.3 Å². The van der Waals surface area contributed by atoms with E-state index in [1.807, 2.05) is 6.92 Å². The van der Waals surface area contributed by atoms with Crippen LogP contribution in [0.15, 0.2) is 24.3 Å². The molecule has 0 fully saturated rings. The Labute approximate surface area is 147 Å². The minimum absolute atomic E-state index is 0.216. The third-order valence-electron chi connectivity index (χ3n) is 4.50. The maximum atomic E-state index is 13.1. The van der Waals surface area contributed by atoms with Gasteiger partial charge in [0.2, 0.25) is 0 Å². The molecule has 0 radical (unpaired) electrons. The number of halogens is 1. The van der Waals surface area contributed by atoms with Crippen LogP contribution in [-0.2, 0) is 6.42 Å². The van der Waals surface area contributed by atoms with Crippen LogP contribution in [0.1, 0.15) is 49.7 Å². The summed E-state index contributed by atoms with van der Waals surface area (Å²) in [4.78, 5) is 6.12. The van der Waals surface area contributed by atoms with E-state index in [-0.39, 0.29) is 11.9 Å². The third-order valence-corrected chi connectivity index (χ3v) is 5.76. The molecular weight excluding hydrogens is 323 g/mol. The van der Waals surface area contributed by atoms with Crippen molar-refractivity contribution in [2.75, 3.05) is 6.54 Å². The fourth-order valence-electron chi connectivity index (χ4n) is 3.34. The molecule has 24 heavy (non-hydrogen) atoms. The number of nitrogens with zero attached hydrogens (tertiary/aromatic N) is 1. The first-order valence-electron chi connectivity index (χ1n) is 8.70. The van der Waals surface area contributed by atoms with E-state index in [0.29, 0.717) is 12.0 Å². The summed E-state index contributed by atoms with van der Waals surface area (Å²) in [5.41, 5.74) is 2.17. The molecule has 3 rings (SSSR count). The van der Waals surface area contributed by atoms with E-state index < -0.39 is 0 Å². The minimum atomic E-state index is -0.253. The molecule has 0 saturated heterocycles. The molecule has 0 aliphatic heterocycles. The summed E-state index contributed by atoms with van der Waals surface area (Å²) in [6.07, 6.45) is 3.85.